The zero-order valence-electron chi connectivity index (χ0n) is 11.7. The number of benzene rings is 1. The first-order valence-electron chi connectivity index (χ1n) is 7.50. The predicted octanol–water partition coefficient (Wildman–Crippen LogP) is 1.81. The van der Waals surface area contributed by atoms with Crippen molar-refractivity contribution in [3.63, 3.8) is 0 Å². The van der Waals surface area contributed by atoms with E-state index in [1.54, 1.807) is 0 Å². The number of amides is 1. The molecule has 1 fully saturated rings. The Kier molecular flexibility index (Phi) is 4.21. The highest BCUT2D eigenvalue weighted by atomic mass is 16.5. The van der Waals surface area contributed by atoms with E-state index >= 15 is 0 Å². The van der Waals surface area contributed by atoms with E-state index in [1.807, 2.05) is 12.1 Å². The standard InChI is InChI=1S/C16H22N2O2/c19-16(18-10-12-5-7-20-8-6-12)14-9-13-3-1-2-4-15(13)17-11-14/h1-4,12,14,17H,5-11H2,(H,18,19). The summed E-state index contributed by atoms with van der Waals surface area (Å²) in [5, 5.41) is 6.47. The van der Waals surface area contributed by atoms with Gasteiger partial charge in [0.25, 0.3) is 0 Å². The average Bonchev–Trinajstić information content (AvgIpc) is 2.53. The van der Waals surface area contributed by atoms with Crippen LogP contribution in [-0.4, -0.2) is 32.2 Å². The Morgan fingerprint density at radius 3 is 2.95 bits per heavy atom. The molecule has 2 aliphatic heterocycles. The van der Waals surface area contributed by atoms with Gasteiger partial charge in [0, 0.05) is 32.0 Å². The number of hydrogen-bond acceptors (Lipinski definition) is 3. The van der Waals surface area contributed by atoms with Crippen molar-refractivity contribution in [1.29, 1.82) is 0 Å². The Labute approximate surface area is 119 Å². The fourth-order valence-corrected chi connectivity index (χ4v) is 2.97. The molecule has 0 spiro atoms. The number of carbonyl (C=O) groups is 1. The van der Waals surface area contributed by atoms with Crippen molar-refractivity contribution in [2.45, 2.75) is 19.3 Å². The smallest absolute Gasteiger partial charge is 0.225 e. The van der Waals surface area contributed by atoms with Crippen LogP contribution in [0.4, 0.5) is 5.69 Å². The Bertz CT molecular complexity index is 469. The van der Waals surface area contributed by atoms with E-state index in [9.17, 15) is 4.79 Å². The third-order valence-electron chi connectivity index (χ3n) is 4.30. The molecule has 0 aliphatic carbocycles. The van der Waals surface area contributed by atoms with Gasteiger partial charge in [-0.25, -0.2) is 0 Å². The lowest BCUT2D eigenvalue weighted by Gasteiger charge is -2.27. The summed E-state index contributed by atoms with van der Waals surface area (Å²) in [6.45, 7) is 3.19. The van der Waals surface area contributed by atoms with Crippen LogP contribution >= 0.6 is 0 Å². The molecule has 4 heteroatoms. The molecule has 20 heavy (non-hydrogen) atoms. The Hall–Kier alpha value is -1.55. The highest BCUT2D eigenvalue weighted by Gasteiger charge is 2.24. The van der Waals surface area contributed by atoms with E-state index in [-0.39, 0.29) is 11.8 Å². The fraction of sp³-hybridized carbons (Fsp3) is 0.562. The second kappa shape index (κ2) is 6.27. The van der Waals surface area contributed by atoms with Crippen molar-refractivity contribution >= 4 is 11.6 Å². The maximum atomic E-state index is 12.3. The second-order valence-electron chi connectivity index (χ2n) is 5.74. The highest BCUT2D eigenvalue weighted by Crippen LogP contribution is 2.24. The number of anilines is 1. The molecular weight excluding hydrogens is 252 g/mol. The Morgan fingerprint density at radius 2 is 2.10 bits per heavy atom. The molecule has 0 aromatic heterocycles. The van der Waals surface area contributed by atoms with Crippen molar-refractivity contribution in [1.82, 2.24) is 5.32 Å². The number of para-hydroxylation sites is 1. The van der Waals surface area contributed by atoms with Gasteiger partial charge in [0.15, 0.2) is 0 Å². The lowest BCUT2D eigenvalue weighted by molar-refractivity contribution is -0.125. The predicted molar refractivity (Wildman–Crippen MR) is 78.7 cm³/mol. The summed E-state index contributed by atoms with van der Waals surface area (Å²) in [6, 6.07) is 8.23. The normalized spacial score (nSPS) is 22.7. The quantitative estimate of drug-likeness (QED) is 0.884. The van der Waals surface area contributed by atoms with E-state index in [0.717, 1.165) is 45.6 Å². The molecule has 2 heterocycles. The molecule has 3 rings (SSSR count). The molecule has 4 nitrogen and oxygen atoms in total. The number of hydrogen-bond donors (Lipinski definition) is 2. The van der Waals surface area contributed by atoms with E-state index < -0.39 is 0 Å². The topological polar surface area (TPSA) is 50.4 Å². The van der Waals surface area contributed by atoms with Crippen LogP contribution < -0.4 is 10.6 Å². The minimum absolute atomic E-state index is 0.0461. The van der Waals surface area contributed by atoms with E-state index in [4.69, 9.17) is 4.74 Å². The molecule has 1 amide bonds. The molecule has 1 atom stereocenters. The van der Waals surface area contributed by atoms with Gasteiger partial charge in [-0.1, -0.05) is 18.2 Å². The van der Waals surface area contributed by atoms with Crippen molar-refractivity contribution in [2.75, 3.05) is 31.6 Å². The lowest BCUT2D eigenvalue weighted by Crippen LogP contribution is -2.40. The first kappa shape index (κ1) is 13.4. The summed E-state index contributed by atoms with van der Waals surface area (Å²) >= 11 is 0. The van der Waals surface area contributed by atoms with Gasteiger partial charge < -0.3 is 15.4 Å². The maximum absolute atomic E-state index is 12.3. The van der Waals surface area contributed by atoms with Crippen molar-refractivity contribution in [3.05, 3.63) is 29.8 Å². The van der Waals surface area contributed by atoms with E-state index in [1.165, 1.54) is 11.3 Å². The number of rotatable bonds is 3. The minimum atomic E-state index is 0.0461. The van der Waals surface area contributed by atoms with Gasteiger partial charge in [0.1, 0.15) is 0 Å². The van der Waals surface area contributed by atoms with Gasteiger partial charge >= 0.3 is 0 Å². The summed E-state index contributed by atoms with van der Waals surface area (Å²) in [4.78, 5) is 12.3. The van der Waals surface area contributed by atoms with Crippen LogP contribution in [0.1, 0.15) is 18.4 Å². The second-order valence-corrected chi connectivity index (χ2v) is 5.74. The largest absolute Gasteiger partial charge is 0.384 e. The zero-order valence-corrected chi connectivity index (χ0v) is 11.7. The molecule has 2 aliphatic rings. The van der Waals surface area contributed by atoms with Crippen LogP contribution in [0.25, 0.3) is 0 Å². The van der Waals surface area contributed by atoms with Crippen LogP contribution in [0.15, 0.2) is 24.3 Å². The summed E-state index contributed by atoms with van der Waals surface area (Å²) < 4.78 is 5.34. The number of carbonyl (C=O) groups excluding carboxylic acids is 1. The van der Waals surface area contributed by atoms with Crippen LogP contribution in [0.2, 0.25) is 0 Å². The first-order valence-corrected chi connectivity index (χ1v) is 7.50. The number of nitrogens with one attached hydrogen (secondary N) is 2. The van der Waals surface area contributed by atoms with Crippen LogP contribution in [0.3, 0.4) is 0 Å². The highest BCUT2D eigenvalue weighted by molar-refractivity contribution is 5.80. The zero-order chi connectivity index (χ0) is 13.8. The number of ether oxygens (including phenoxy) is 1. The van der Waals surface area contributed by atoms with Gasteiger partial charge in [0.2, 0.25) is 5.91 Å². The van der Waals surface area contributed by atoms with Gasteiger partial charge in [-0.05, 0) is 36.8 Å². The molecule has 1 saturated heterocycles. The minimum Gasteiger partial charge on any atom is -0.384 e. The average molecular weight is 274 g/mol. The lowest BCUT2D eigenvalue weighted by atomic mass is 9.93. The molecule has 108 valence electrons. The third kappa shape index (κ3) is 3.12. The van der Waals surface area contributed by atoms with Gasteiger partial charge in [0.05, 0.1) is 5.92 Å². The maximum Gasteiger partial charge on any atom is 0.225 e. The first-order chi connectivity index (χ1) is 9.83. The monoisotopic (exact) mass is 274 g/mol. The van der Waals surface area contributed by atoms with Crippen LogP contribution in [-0.2, 0) is 16.0 Å². The van der Waals surface area contributed by atoms with E-state index in [0.29, 0.717) is 5.92 Å². The van der Waals surface area contributed by atoms with Crippen molar-refractivity contribution < 1.29 is 9.53 Å². The molecule has 2 N–H and O–H groups in total. The fourth-order valence-electron chi connectivity index (χ4n) is 2.97. The molecule has 1 unspecified atom stereocenters. The van der Waals surface area contributed by atoms with E-state index in [2.05, 4.69) is 22.8 Å². The van der Waals surface area contributed by atoms with Crippen LogP contribution in [0, 0.1) is 11.8 Å². The summed E-state index contributed by atoms with van der Waals surface area (Å²) in [6.07, 6.45) is 2.96. The molecule has 0 saturated carbocycles. The summed E-state index contributed by atoms with van der Waals surface area (Å²) in [5.74, 6) is 0.805. The van der Waals surface area contributed by atoms with Gasteiger partial charge in [-0.15, -0.1) is 0 Å². The summed E-state index contributed by atoms with van der Waals surface area (Å²) in [7, 11) is 0. The van der Waals surface area contributed by atoms with Gasteiger partial charge in [-0.2, -0.15) is 0 Å². The van der Waals surface area contributed by atoms with Gasteiger partial charge in [-0.3, -0.25) is 4.79 Å². The third-order valence-corrected chi connectivity index (χ3v) is 4.30. The SMILES string of the molecule is O=C(NCC1CCOCC1)C1CNc2ccccc2C1. The Morgan fingerprint density at radius 1 is 1.30 bits per heavy atom. The van der Waals surface area contributed by atoms with Crippen molar-refractivity contribution in [3.8, 4) is 0 Å². The van der Waals surface area contributed by atoms with Crippen LogP contribution in [0.5, 0.6) is 0 Å². The molecule has 0 bridgehead atoms. The summed E-state index contributed by atoms with van der Waals surface area (Å²) in [5.41, 5.74) is 2.41. The number of fused-ring (bicyclic) bond motifs is 1. The molecule has 1 aromatic rings. The van der Waals surface area contributed by atoms with Crippen molar-refractivity contribution in [2.24, 2.45) is 11.8 Å². The molecular formula is C16H22N2O2. The Balaban J connectivity index is 1.51. The molecule has 0 radical (unpaired) electrons. The molecule has 1 aromatic carbocycles.